The number of ether oxygens (including phenoxy) is 1. The minimum atomic E-state index is -4.64. The fraction of sp³-hybridized carbons (Fsp3) is 0.423. The Bertz CT molecular complexity index is 1310. The Balaban J connectivity index is 1.84. The number of pyridine rings is 1. The maximum Gasteiger partial charge on any atom is 0.400 e. The minimum absolute atomic E-state index is 0.00928. The van der Waals surface area contributed by atoms with Crippen molar-refractivity contribution in [3.05, 3.63) is 57.6 Å². The number of carbonyl (C=O) groups excluding carboxylic acids is 1. The first-order valence-corrected chi connectivity index (χ1v) is 12.2. The second-order valence-electron chi connectivity index (χ2n) is 9.29. The van der Waals surface area contributed by atoms with Gasteiger partial charge in [-0.3, -0.25) is 9.78 Å². The third-order valence-electron chi connectivity index (χ3n) is 5.99. The predicted molar refractivity (Wildman–Crippen MR) is 134 cm³/mol. The van der Waals surface area contributed by atoms with Crippen molar-refractivity contribution in [1.82, 2.24) is 19.9 Å². The predicted octanol–water partition coefficient (Wildman–Crippen LogP) is 6.20. The lowest BCUT2D eigenvalue weighted by molar-refractivity contribution is -0.210. The van der Waals surface area contributed by atoms with Crippen LogP contribution in [0.2, 0.25) is 5.02 Å². The van der Waals surface area contributed by atoms with Gasteiger partial charge < -0.3 is 4.74 Å². The van der Waals surface area contributed by atoms with E-state index in [2.05, 4.69) is 26.9 Å². The van der Waals surface area contributed by atoms with Crippen molar-refractivity contribution >= 4 is 17.4 Å². The van der Waals surface area contributed by atoms with E-state index in [4.69, 9.17) is 16.3 Å². The van der Waals surface area contributed by atoms with E-state index in [0.717, 1.165) is 26.7 Å². The van der Waals surface area contributed by atoms with Crippen LogP contribution in [0.4, 0.5) is 13.2 Å². The number of H-pyrrole nitrogens is 1. The average molecular weight is 537 g/mol. The summed E-state index contributed by atoms with van der Waals surface area (Å²) in [5.41, 5.74) is -1.71. The highest BCUT2D eigenvalue weighted by Crippen LogP contribution is 2.39. The second-order valence-corrected chi connectivity index (χ2v) is 9.70. The Labute approximate surface area is 217 Å². The molecule has 1 aromatic carbocycles. The molecule has 3 rings (SSSR count). The number of nitrogens with one attached hydrogen (secondary N) is 1. The summed E-state index contributed by atoms with van der Waals surface area (Å²) in [4.78, 5) is 39.7. The number of hydrogen-bond donors (Lipinski definition) is 1. The largest absolute Gasteiger partial charge is 0.475 e. The summed E-state index contributed by atoms with van der Waals surface area (Å²) in [7, 11) is 0. The molecule has 0 amide bonds. The number of ketones is 1. The van der Waals surface area contributed by atoms with E-state index in [0.29, 0.717) is 22.6 Å². The zero-order valence-electron chi connectivity index (χ0n) is 20.9. The SMILES string of the molecule is CCC[C@H](C)Oc1ccc(-c2nc(-c3cc(CCC(=O)C(C)(C)C(F)(F)F)ccc3Cl)[nH]c(=O)n2)cn1. The zero-order valence-corrected chi connectivity index (χ0v) is 21.7. The van der Waals surface area contributed by atoms with Crippen LogP contribution in [0.15, 0.2) is 41.3 Å². The van der Waals surface area contributed by atoms with Gasteiger partial charge in [0.25, 0.3) is 0 Å². The number of alkyl halides is 3. The van der Waals surface area contributed by atoms with Crippen molar-refractivity contribution < 1.29 is 22.7 Å². The van der Waals surface area contributed by atoms with Gasteiger partial charge in [0, 0.05) is 29.8 Å². The van der Waals surface area contributed by atoms with E-state index < -0.39 is 23.1 Å². The normalized spacial score (nSPS) is 12.9. The van der Waals surface area contributed by atoms with Gasteiger partial charge in [-0.2, -0.15) is 18.2 Å². The van der Waals surface area contributed by atoms with Gasteiger partial charge in [0.2, 0.25) is 5.88 Å². The van der Waals surface area contributed by atoms with Crippen molar-refractivity contribution in [2.45, 2.75) is 65.7 Å². The third kappa shape index (κ3) is 6.94. The molecule has 0 fully saturated rings. The van der Waals surface area contributed by atoms with Crippen LogP contribution in [0.5, 0.6) is 5.88 Å². The number of hydrogen-bond acceptors (Lipinski definition) is 6. The summed E-state index contributed by atoms with van der Waals surface area (Å²) < 4.78 is 45.3. The standard InChI is InChI=1S/C26H28ClF3N4O3/c1-5-6-15(2)37-21-12-9-17(14-31-21)22-32-23(34-24(36)33-22)18-13-16(7-10-19(18)27)8-11-20(35)25(3,4)26(28,29)30/h7,9-10,12-15H,5-6,8,11H2,1-4H3,(H,32,33,34,36)/t15-/m0/s1. The van der Waals surface area contributed by atoms with Crippen LogP contribution in [0.3, 0.4) is 0 Å². The van der Waals surface area contributed by atoms with Crippen molar-refractivity contribution in [3.63, 3.8) is 0 Å². The molecule has 198 valence electrons. The number of nitrogens with zero attached hydrogens (tertiary/aromatic N) is 3. The molecule has 2 aromatic heterocycles. The monoisotopic (exact) mass is 536 g/mol. The smallest absolute Gasteiger partial charge is 0.400 e. The Morgan fingerprint density at radius 3 is 2.51 bits per heavy atom. The fourth-order valence-electron chi connectivity index (χ4n) is 3.53. The molecule has 2 heterocycles. The summed E-state index contributed by atoms with van der Waals surface area (Å²) >= 11 is 6.34. The number of halogens is 4. The lowest BCUT2D eigenvalue weighted by Gasteiger charge is -2.26. The van der Waals surface area contributed by atoms with Crippen molar-refractivity contribution in [3.8, 4) is 28.7 Å². The molecule has 0 bridgehead atoms. The molecule has 3 aromatic rings. The number of carbonyl (C=O) groups is 1. The number of rotatable bonds is 10. The van der Waals surface area contributed by atoms with Crippen LogP contribution in [-0.2, 0) is 11.2 Å². The zero-order chi connectivity index (χ0) is 27.4. The quantitative estimate of drug-likeness (QED) is 0.331. The summed E-state index contributed by atoms with van der Waals surface area (Å²) in [6, 6.07) is 8.09. The average Bonchev–Trinajstić information content (AvgIpc) is 2.82. The van der Waals surface area contributed by atoms with Gasteiger partial charge in [-0.05, 0) is 57.4 Å². The van der Waals surface area contributed by atoms with Crippen molar-refractivity contribution in [2.75, 3.05) is 0 Å². The first-order valence-electron chi connectivity index (χ1n) is 11.8. The lowest BCUT2D eigenvalue weighted by Crippen LogP contribution is -2.39. The van der Waals surface area contributed by atoms with E-state index in [-0.39, 0.29) is 35.6 Å². The molecule has 0 unspecified atom stereocenters. The van der Waals surface area contributed by atoms with Crippen LogP contribution < -0.4 is 10.4 Å². The molecule has 11 heteroatoms. The summed E-state index contributed by atoms with van der Waals surface area (Å²) in [6.45, 7) is 5.76. The molecule has 0 aliphatic heterocycles. The van der Waals surface area contributed by atoms with E-state index in [1.54, 1.807) is 24.3 Å². The van der Waals surface area contributed by atoms with Gasteiger partial charge in [0.05, 0.1) is 11.1 Å². The first kappa shape index (κ1) is 28.3. The van der Waals surface area contributed by atoms with Gasteiger partial charge in [-0.15, -0.1) is 0 Å². The van der Waals surface area contributed by atoms with Crippen LogP contribution in [-0.4, -0.2) is 38.0 Å². The summed E-state index contributed by atoms with van der Waals surface area (Å²) in [5.74, 6) is -0.240. The van der Waals surface area contributed by atoms with Gasteiger partial charge >= 0.3 is 11.9 Å². The van der Waals surface area contributed by atoms with Crippen molar-refractivity contribution in [1.29, 1.82) is 0 Å². The molecule has 0 aliphatic carbocycles. The molecule has 1 N–H and O–H groups in total. The summed E-state index contributed by atoms with van der Waals surface area (Å²) in [5, 5.41) is 0.262. The van der Waals surface area contributed by atoms with Crippen LogP contribution in [0.1, 0.15) is 52.5 Å². The second kappa shape index (κ2) is 11.4. The van der Waals surface area contributed by atoms with E-state index in [1.807, 2.05) is 6.92 Å². The fourth-order valence-corrected chi connectivity index (χ4v) is 3.74. The molecule has 0 radical (unpaired) electrons. The third-order valence-corrected chi connectivity index (χ3v) is 6.32. The molecule has 0 saturated heterocycles. The van der Waals surface area contributed by atoms with Gasteiger partial charge in [0.15, 0.2) is 5.82 Å². The molecular weight excluding hydrogens is 509 g/mol. The number of Topliss-reactive ketones (excluding diaryl/α,β-unsaturated/α-hetero) is 1. The summed E-state index contributed by atoms with van der Waals surface area (Å²) in [6.07, 6.45) is -1.51. The Kier molecular flexibility index (Phi) is 8.73. The molecule has 0 saturated carbocycles. The van der Waals surface area contributed by atoms with E-state index in [1.165, 1.54) is 12.3 Å². The highest BCUT2D eigenvalue weighted by Gasteiger charge is 2.51. The van der Waals surface area contributed by atoms with Gasteiger partial charge in [-0.1, -0.05) is 31.0 Å². The Morgan fingerprint density at radius 1 is 1.16 bits per heavy atom. The molecular formula is C26H28ClF3N4O3. The molecule has 0 spiro atoms. The Hall–Kier alpha value is -3.27. The topological polar surface area (TPSA) is 97.8 Å². The van der Waals surface area contributed by atoms with Gasteiger partial charge in [0.1, 0.15) is 17.0 Å². The lowest BCUT2D eigenvalue weighted by atomic mass is 9.84. The highest BCUT2D eigenvalue weighted by molar-refractivity contribution is 6.33. The molecule has 1 atom stereocenters. The van der Waals surface area contributed by atoms with Crippen molar-refractivity contribution in [2.24, 2.45) is 5.41 Å². The molecule has 37 heavy (non-hydrogen) atoms. The maximum atomic E-state index is 13.2. The van der Waals surface area contributed by atoms with Crippen LogP contribution >= 0.6 is 11.6 Å². The number of aryl methyl sites for hydroxylation is 1. The van der Waals surface area contributed by atoms with Crippen LogP contribution in [0.25, 0.3) is 22.8 Å². The molecule has 0 aliphatic rings. The molecule has 7 nitrogen and oxygen atoms in total. The van der Waals surface area contributed by atoms with E-state index >= 15 is 0 Å². The van der Waals surface area contributed by atoms with Crippen LogP contribution in [0, 0.1) is 5.41 Å². The van der Waals surface area contributed by atoms with E-state index in [9.17, 15) is 22.8 Å². The number of aromatic amines is 1. The number of benzene rings is 1. The number of aromatic nitrogens is 4. The first-order chi connectivity index (χ1) is 17.3. The minimum Gasteiger partial charge on any atom is -0.475 e. The highest BCUT2D eigenvalue weighted by atomic mass is 35.5. The van der Waals surface area contributed by atoms with Gasteiger partial charge in [-0.25, -0.2) is 14.8 Å². The maximum absolute atomic E-state index is 13.2. The Morgan fingerprint density at radius 2 is 1.89 bits per heavy atom.